The van der Waals surface area contributed by atoms with Gasteiger partial charge in [-0.05, 0) is 43.5 Å². The molecule has 1 atom stereocenters. The third-order valence-electron chi connectivity index (χ3n) is 3.84. The molecule has 0 N–H and O–H groups in total. The summed E-state index contributed by atoms with van der Waals surface area (Å²) < 4.78 is 18.7. The largest absolute Gasteiger partial charge is 0.338 e. The second-order valence-corrected chi connectivity index (χ2v) is 5.59. The molecule has 0 saturated heterocycles. The van der Waals surface area contributed by atoms with Crippen LogP contribution in [0.4, 0.5) is 4.39 Å². The highest BCUT2D eigenvalue weighted by Crippen LogP contribution is 2.29. The van der Waals surface area contributed by atoms with Crippen LogP contribution in [-0.2, 0) is 4.79 Å². The average Bonchev–Trinajstić information content (AvgIpc) is 2.81. The van der Waals surface area contributed by atoms with Gasteiger partial charge >= 0.3 is 0 Å². The number of hydrogen-bond donors (Lipinski definition) is 0. The van der Waals surface area contributed by atoms with Crippen LogP contribution in [-0.4, -0.2) is 15.9 Å². The van der Waals surface area contributed by atoms with E-state index >= 15 is 0 Å². The molecule has 0 bridgehead atoms. The van der Waals surface area contributed by atoms with Gasteiger partial charge in [0.1, 0.15) is 11.6 Å². The van der Waals surface area contributed by atoms with Gasteiger partial charge in [0.2, 0.25) is 11.7 Å². The Kier molecular flexibility index (Phi) is 3.82. The van der Waals surface area contributed by atoms with E-state index in [1.807, 2.05) is 6.92 Å². The van der Waals surface area contributed by atoms with E-state index in [1.165, 1.54) is 12.1 Å². The quantitative estimate of drug-likeness (QED) is 0.789. The maximum absolute atomic E-state index is 13.5. The van der Waals surface area contributed by atoms with Gasteiger partial charge in [0.15, 0.2) is 0 Å². The van der Waals surface area contributed by atoms with E-state index in [4.69, 9.17) is 4.52 Å². The molecule has 1 aliphatic carbocycles. The van der Waals surface area contributed by atoms with Crippen LogP contribution in [0.25, 0.3) is 11.4 Å². The number of ketones is 1. The third-order valence-corrected chi connectivity index (χ3v) is 3.84. The molecule has 0 radical (unpaired) electrons. The first-order valence-corrected chi connectivity index (χ1v) is 7.27. The molecule has 2 aromatic rings. The number of carbonyl (C=O) groups excluding carboxylic acids is 1. The first-order valence-electron chi connectivity index (χ1n) is 7.27. The van der Waals surface area contributed by atoms with Crippen molar-refractivity contribution in [2.24, 2.45) is 0 Å². The number of carbonyl (C=O) groups is 1. The first-order chi connectivity index (χ1) is 10.1. The number of hydrogen-bond acceptors (Lipinski definition) is 4. The van der Waals surface area contributed by atoms with Gasteiger partial charge in [-0.1, -0.05) is 18.0 Å². The van der Waals surface area contributed by atoms with Crippen molar-refractivity contribution in [3.63, 3.8) is 0 Å². The molecule has 4 nitrogen and oxygen atoms in total. The summed E-state index contributed by atoms with van der Waals surface area (Å²) in [5, 5.41) is 3.90. The Balaban J connectivity index is 1.90. The van der Waals surface area contributed by atoms with E-state index in [0.29, 0.717) is 23.7 Å². The fourth-order valence-corrected chi connectivity index (χ4v) is 2.78. The molecular formula is C16H17FN2O2. The van der Waals surface area contributed by atoms with E-state index in [2.05, 4.69) is 10.1 Å². The lowest BCUT2D eigenvalue weighted by Gasteiger charge is -2.06. The number of rotatable bonds is 2. The van der Waals surface area contributed by atoms with Crippen LogP contribution in [0.1, 0.15) is 49.5 Å². The summed E-state index contributed by atoms with van der Waals surface area (Å²) in [5.74, 6) is 0.229. The predicted molar refractivity (Wildman–Crippen MR) is 75.3 cm³/mol. The Bertz CT molecular complexity index is 646. The molecule has 5 heteroatoms. The standard InChI is InChI=1S/C16H17FN2O2/c1-10-7-11(9-12(17)8-10)15-18-16(21-19-15)13-5-3-2-4-6-14(13)20/h7-9,13H,2-6H2,1H3. The number of halogens is 1. The molecule has 0 spiro atoms. The Morgan fingerprint density at radius 1 is 1.24 bits per heavy atom. The van der Waals surface area contributed by atoms with E-state index in [0.717, 1.165) is 31.2 Å². The molecule has 1 aliphatic rings. The van der Waals surface area contributed by atoms with Crippen LogP contribution in [0.2, 0.25) is 0 Å². The molecule has 110 valence electrons. The smallest absolute Gasteiger partial charge is 0.237 e. The molecule has 21 heavy (non-hydrogen) atoms. The van der Waals surface area contributed by atoms with Crippen LogP contribution in [0, 0.1) is 12.7 Å². The van der Waals surface area contributed by atoms with E-state index in [-0.39, 0.29) is 17.5 Å². The van der Waals surface area contributed by atoms with Crippen molar-refractivity contribution < 1.29 is 13.7 Å². The van der Waals surface area contributed by atoms with Gasteiger partial charge in [-0.25, -0.2) is 4.39 Å². The molecule has 1 unspecified atom stereocenters. The summed E-state index contributed by atoms with van der Waals surface area (Å²) in [5.41, 5.74) is 1.37. The minimum absolute atomic E-state index is 0.165. The molecule has 0 amide bonds. The van der Waals surface area contributed by atoms with Crippen molar-refractivity contribution in [3.8, 4) is 11.4 Å². The van der Waals surface area contributed by atoms with Crippen molar-refractivity contribution in [2.45, 2.75) is 44.9 Å². The summed E-state index contributed by atoms with van der Waals surface area (Å²) in [4.78, 5) is 16.4. The van der Waals surface area contributed by atoms with Crippen molar-refractivity contribution in [1.82, 2.24) is 10.1 Å². The Morgan fingerprint density at radius 2 is 2.10 bits per heavy atom. The fraction of sp³-hybridized carbons (Fsp3) is 0.438. The molecule has 1 heterocycles. The number of benzene rings is 1. The predicted octanol–water partition coefficient (Wildman–Crippen LogP) is 3.80. The van der Waals surface area contributed by atoms with Gasteiger partial charge in [-0.15, -0.1) is 0 Å². The molecule has 1 fully saturated rings. The van der Waals surface area contributed by atoms with Gasteiger partial charge in [0.25, 0.3) is 0 Å². The van der Waals surface area contributed by atoms with Crippen LogP contribution in [0.5, 0.6) is 0 Å². The second-order valence-electron chi connectivity index (χ2n) is 5.59. The molecule has 1 saturated carbocycles. The molecule has 1 aromatic carbocycles. The van der Waals surface area contributed by atoms with Crippen molar-refractivity contribution in [2.75, 3.05) is 0 Å². The van der Waals surface area contributed by atoms with Crippen LogP contribution < -0.4 is 0 Å². The second kappa shape index (κ2) is 5.76. The Hall–Kier alpha value is -2.04. The monoisotopic (exact) mass is 288 g/mol. The highest BCUT2D eigenvalue weighted by atomic mass is 19.1. The van der Waals surface area contributed by atoms with Crippen molar-refractivity contribution in [1.29, 1.82) is 0 Å². The highest BCUT2D eigenvalue weighted by Gasteiger charge is 2.28. The van der Waals surface area contributed by atoms with Gasteiger partial charge < -0.3 is 4.52 Å². The van der Waals surface area contributed by atoms with E-state index in [1.54, 1.807) is 6.07 Å². The molecule has 3 rings (SSSR count). The summed E-state index contributed by atoms with van der Waals surface area (Å²) in [6.45, 7) is 1.81. The van der Waals surface area contributed by atoms with E-state index < -0.39 is 0 Å². The van der Waals surface area contributed by atoms with Crippen molar-refractivity contribution in [3.05, 3.63) is 35.5 Å². The van der Waals surface area contributed by atoms with Gasteiger partial charge in [-0.2, -0.15) is 4.98 Å². The fourth-order valence-electron chi connectivity index (χ4n) is 2.78. The minimum Gasteiger partial charge on any atom is -0.338 e. The zero-order chi connectivity index (χ0) is 14.8. The number of Topliss-reactive ketones (excluding diaryl/α,β-unsaturated/α-hetero) is 1. The summed E-state index contributed by atoms with van der Waals surface area (Å²) in [6.07, 6.45) is 4.31. The SMILES string of the molecule is Cc1cc(F)cc(-c2noc(C3CCCCCC3=O)n2)c1. The lowest BCUT2D eigenvalue weighted by Crippen LogP contribution is -2.10. The number of aromatic nitrogens is 2. The Morgan fingerprint density at radius 3 is 2.90 bits per heavy atom. The summed E-state index contributed by atoms with van der Waals surface area (Å²) >= 11 is 0. The van der Waals surface area contributed by atoms with Crippen molar-refractivity contribution >= 4 is 5.78 Å². The van der Waals surface area contributed by atoms with Gasteiger partial charge in [-0.3, -0.25) is 4.79 Å². The van der Waals surface area contributed by atoms with Gasteiger partial charge in [0.05, 0.1) is 5.92 Å². The zero-order valence-electron chi connectivity index (χ0n) is 11.9. The molecule has 1 aromatic heterocycles. The van der Waals surface area contributed by atoms with Crippen LogP contribution >= 0.6 is 0 Å². The molecular weight excluding hydrogens is 271 g/mol. The molecule has 0 aliphatic heterocycles. The highest BCUT2D eigenvalue weighted by molar-refractivity contribution is 5.85. The summed E-state index contributed by atoms with van der Waals surface area (Å²) in [7, 11) is 0. The normalized spacial score (nSPS) is 19.5. The van der Waals surface area contributed by atoms with Crippen LogP contribution in [0.3, 0.4) is 0 Å². The van der Waals surface area contributed by atoms with Gasteiger partial charge in [0, 0.05) is 12.0 Å². The maximum Gasteiger partial charge on any atom is 0.237 e. The zero-order valence-corrected chi connectivity index (χ0v) is 11.9. The van der Waals surface area contributed by atoms with Crippen LogP contribution in [0.15, 0.2) is 22.7 Å². The Labute approximate surface area is 122 Å². The van der Waals surface area contributed by atoms with E-state index in [9.17, 15) is 9.18 Å². The topological polar surface area (TPSA) is 56.0 Å². The summed E-state index contributed by atoms with van der Waals surface area (Å²) in [6, 6.07) is 4.61. The number of nitrogens with zero attached hydrogens (tertiary/aromatic N) is 2. The first kappa shape index (κ1) is 13.9. The third kappa shape index (κ3) is 3.01. The lowest BCUT2D eigenvalue weighted by atomic mass is 9.99. The minimum atomic E-state index is -0.332. The average molecular weight is 288 g/mol. The maximum atomic E-state index is 13.5. The number of aryl methyl sites for hydroxylation is 1. The lowest BCUT2D eigenvalue weighted by molar-refractivity contribution is -0.120.